The Morgan fingerprint density at radius 2 is 1.74 bits per heavy atom. The molecule has 0 fully saturated rings. The fourth-order valence-electron chi connectivity index (χ4n) is 2.41. The highest BCUT2D eigenvalue weighted by Gasteiger charge is 2.10. The highest BCUT2D eigenvalue weighted by atomic mass is 127. The second-order valence-corrected chi connectivity index (χ2v) is 6.83. The van der Waals surface area contributed by atoms with E-state index in [-0.39, 0.29) is 0 Å². The van der Waals surface area contributed by atoms with E-state index in [0.29, 0.717) is 30.4 Å². The smallest absolute Gasteiger partial charge is 0.174 e. The van der Waals surface area contributed by atoms with Gasteiger partial charge in [-0.3, -0.25) is 0 Å². The van der Waals surface area contributed by atoms with Crippen LogP contribution in [0.3, 0.4) is 0 Å². The van der Waals surface area contributed by atoms with Gasteiger partial charge >= 0.3 is 0 Å². The van der Waals surface area contributed by atoms with Crippen molar-refractivity contribution in [2.75, 3.05) is 27.9 Å². The Balaban J connectivity index is 2.03. The highest BCUT2D eigenvalue weighted by Crippen LogP contribution is 2.33. The van der Waals surface area contributed by atoms with Gasteiger partial charge in [0.15, 0.2) is 23.0 Å². The number of nitrogens with one attached hydrogen (secondary N) is 1. The Bertz CT molecular complexity index is 781. The van der Waals surface area contributed by atoms with Gasteiger partial charge in [-0.2, -0.15) is 5.10 Å². The molecule has 27 heavy (non-hydrogen) atoms. The molecule has 0 aliphatic heterocycles. The number of rotatable bonds is 10. The molecule has 0 amide bonds. The molecule has 6 nitrogen and oxygen atoms in total. The van der Waals surface area contributed by atoms with E-state index in [2.05, 4.69) is 40.0 Å². The Morgan fingerprint density at radius 3 is 2.41 bits per heavy atom. The Labute approximate surface area is 174 Å². The standard InChI is InChI=1S/C20H25IN2O4/c1-5-8-27-20-16(21)9-15(11-19(20)26-4)13-23-22-12-14-6-7-17(24-2)18(10-14)25-3/h6-7,9-11,13,22H,5,8,12H2,1-4H3/b23-13-. The SMILES string of the molecule is CCCOc1c(I)cc(/C=N\NCc2ccc(OC)c(OC)c2)cc1OC. The van der Waals surface area contributed by atoms with Crippen LogP contribution >= 0.6 is 22.6 Å². The minimum absolute atomic E-state index is 0.572. The summed E-state index contributed by atoms with van der Waals surface area (Å²) in [5.74, 6) is 2.88. The minimum Gasteiger partial charge on any atom is -0.493 e. The zero-order valence-electron chi connectivity index (χ0n) is 16.0. The van der Waals surface area contributed by atoms with Crippen molar-refractivity contribution in [1.82, 2.24) is 5.43 Å². The highest BCUT2D eigenvalue weighted by molar-refractivity contribution is 14.1. The molecule has 0 aliphatic carbocycles. The van der Waals surface area contributed by atoms with Crippen LogP contribution in [0.2, 0.25) is 0 Å². The van der Waals surface area contributed by atoms with E-state index >= 15 is 0 Å². The minimum atomic E-state index is 0.572. The van der Waals surface area contributed by atoms with Crippen molar-refractivity contribution >= 4 is 28.8 Å². The van der Waals surface area contributed by atoms with Crippen LogP contribution in [-0.4, -0.2) is 34.2 Å². The maximum absolute atomic E-state index is 5.77. The molecule has 0 aromatic heterocycles. The van der Waals surface area contributed by atoms with E-state index in [0.717, 1.165) is 26.9 Å². The lowest BCUT2D eigenvalue weighted by Crippen LogP contribution is -2.06. The lowest BCUT2D eigenvalue weighted by Gasteiger charge is -2.13. The van der Waals surface area contributed by atoms with E-state index in [1.54, 1.807) is 27.5 Å². The molecular weight excluding hydrogens is 459 g/mol. The quantitative estimate of drug-likeness (QED) is 0.311. The van der Waals surface area contributed by atoms with Crippen LogP contribution < -0.4 is 24.4 Å². The lowest BCUT2D eigenvalue weighted by atomic mass is 10.2. The summed E-state index contributed by atoms with van der Waals surface area (Å²) in [6.07, 6.45) is 2.71. The number of methoxy groups -OCH3 is 3. The second-order valence-electron chi connectivity index (χ2n) is 5.66. The van der Waals surface area contributed by atoms with Crippen molar-refractivity contribution in [3.8, 4) is 23.0 Å². The molecule has 0 saturated carbocycles. The number of hydrazone groups is 1. The maximum atomic E-state index is 5.77. The van der Waals surface area contributed by atoms with Gasteiger partial charge in [0.25, 0.3) is 0 Å². The Kier molecular flexibility index (Phi) is 8.50. The largest absolute Gasteiger partial charge is 0.493 e. The first-order chi connectivity index (χ1) is 13.1. The van der Waals surface area contributed by atoms with E-state index < -0.39 is 0 Å². The Hall–Kier alpha value is -2.16. The van der Waals surface area contributed by atoms with Crippen molar-refractivity contribution in [3.63, 3.8) is 0 Å². The molecular formula is C20H25IN2O4. The van der Waals surface area contributed by atoms with Crippen molar-refractivity contribution < 1.29 is 18.9 Å². The first-order valence-electron chi connectivity index (χ1n) is 8.60. The van der Waals surface area contributed by atoms with Crippen LogP contribution in [0.25, 0.3) is 0 Å². The first kappa shape index (κ1) is 21.1. The number of nitrogens with zero attached hydrogens (tertiary/aromatic N) is 1. The molecule has 0 heterocycles. The topological polar surface area (TPSA) is 61.3 Å². The average Bonchev–Trinajstić information content (AvgIpc) is 2.69. The molecule has 0 saturated heterocycles. The van der Waals surface area contributed by atoms with Crippen LogP contribution in [-0.2, 0) is 6.54 Å². The fraction of sp³-hybridized carbons (Fsp3) is 0.350. The van der Waals surface area contributed by atoms with Crippen molar-refractivity contribution in [2.24, 2.45) is 5.10 Å². The predicted octanol–water partition coefficient (Wildman–Crippen LogP) is 4.23. The summed E-state index contributed by atoms with van der Waals surface area (Å²) in [6.45, 7) is 3.31. The number of halogens is 1. The number of benzene rings is 2. The zero-order valence-corrected chi connectivity index (χ0v) is 18.2. The van der Waals surface area contributed by atoms with E-state index in [1.807, 2.05) is 30.3 Å². The van der Waals surface area contributed by atoms with E-state index in [4.69, 9.17) is 18.9 Å². The molecule has 0 aliphatic rings. The summed E-state index contributed by atoms with van der Waals surface area (Å²) in [4.78, 5) is 0. The van der Waals surface area contributed by atoms with Gasteiger partial charge in [0.2, 0.25) is 0 Å². The van der Waals surface area contributed by atoms with Gasteiger partial charge in [-0.25, -0.2) is 0 Å². The lowest BCUT2D eigenvalue weighted by molar-refractivity contribution is 0.292. The van der Waals surface area contributed by atoms with Crippen LogP contribution in [0.5, 0.6) is 23.0 Å². The van der Waals surface area contributed by atoms with Crippen LogP contribution in [0.4, 0.5) is 0 Å². The number of hydrogen-bond acceptors (Lipinski definition) is 6. The van der Waals surface area contributed by atoms with Gasteiger partial charge in [-0.1, -0.05) is 13.0 Å². The number of hydrogen-bond donors (Lipinski definition) is 1. The molecule has 2 rings (SSSR count). The molecule has 0 spiro atoms. The molecule has 1 N–H and O–H groups in total. The van der Waals surface area contributed by atoms with Crippen molar-refractivity contribution in [2.45, 2.75) is 19.9 Å². The summed E-state index contributed by atoms with van der Waals surface area (Å²) in [6, 6.07) is 9.69. The molecule has 2 aromatic carbocycles. The third kappa shape index (κ3) is 5.92. The molecule has 0 radical (unpaired) electrons. The Morgan fingerprint density at radius 1 is 1.00 bits per heavy atom. The van der Waals surface area contributed by atoms with Crippen molar-refractivity contribution in [1.29, 1.82) is 0 Å². The fourth-order valence-corrected chi connectivity index (χ4v) is 3.19. The van der Waals surface area contributed by atoms with Gasteiger partial charge < -0.3 is 24.4 Å². The first-order valence-corrected chi connectivity index (χ1v) is 9.68. The van der Waals surface area contributed by atoms with Gasteiger partial charge in [0.1, 0.15) is 0 Å². The summed E-state index contributed by atoms with van der Waals surface area (Å²) in [5.41, 5.74) is 5.02. The maximum Gasteiger partial charge on any atom is 0.174 e. The number of ether oxygens (including phenoxy) is 4. The van der Waals surface area contributed by atoms with Gasteiger partial charge in [-0.05, 0) is 64.4 Å². The second kappa shape index (κ2) is 10.9. The van der Waals surface area contributed by atoms with Crippen LogP contribution in [0, 0.1) is 3.57 Å². The van der Waals surface area contributed by atoms with Gasteiger partial charge in [-0.15, -0.1) is 0 Å². The van der Waals surface area contributed by atoms with E-state index in [1.165, 1.54) is 0 Å². The van der Waals surface area contributed by atoms with E-state index in [9.17, 15) is 0 Å². The summed E-state index contributed by atoms with van der Waals surface area (Å²) >= 11 is 2.25. The summed E-state index contributed by atoms with van der Waals surface area (Å²) in [5, 5.41) is 4.30. The summed E-state index contributed by atoms with van der Waals surface area (Å²) in [7, 11) is 4.88. The van der Waals surface area contributed by atoms with Crippen molar-refractivity contribution in [3.05, 3.63) is 45.0 Å². The third-order valence-electron chi connectivity index (χ3n) is 3.74. The predicted molar refractivity (Wildman–Crippen MR) is 115 cm³/mol. The molecule has 7 heteroatoms. The normalized spacial score (nSPS) is 10.7. The molecule has 0 bridgehead atoms. The average molecular weight is 484 g/mol. The monoisotopic (exact) mass is 484 g/mol. The third-order valence-corrected chi connectivity index (χ3v) is 4.54. The van der Waals surface area contributed by atoms with Crippen LogP contribution in [0.15, 0.2) is 35.4 Å². The van der Waals surface area contributed by atoms with Gasteiger partial charge in [0.05, 0.1) is 44.3 Å². The molecule has 146 valence electrons. The molecule has 0 unspecified atom stereocenters. The molecule has 2 aromatic rings. The zero-order chi connectivity index (χ0) is 19.6. The van der Waals surface area contributed by atoms with Gasteiger partial charge in [0, 0.05) is 0 Å². The molecule has 0 atom stereocenters. The summed E-state index contributed by atoms with van der Waals surface area (Å²) < 4.78 is 22.8. The van der Waals surface area contributed by atoms with Crippen LogP contribution in [0.1, 0.15) is 24.5 Å².